The van der Waals surface area contributed by atoms with Crippen LogP contribution in [0, 0.1) is 0 Å². The third kappa shape index (κ3) is 4.34. The number of amides is 2. The molecule has 138 valence electrons. The van der Waals surface area contributed by atoms with Crippen LogP contribution in [0.3, 0.4) is 0 Å². The van der Waals surface area contributed by atoms with Crippen LogP contribution in [0.2, 0.25) is 0 Å². The maximum atomic E-state index is 12.6. The normalized spacial score (nSPS) is 17.3. The zero-order valence-electron chi connectivity index (χ0n) is 15.6. The van der Waals surface area contributed by atoms with Crippen molar-refractivity contribution >= 4 is 22.8 Å². The minimum Gasteiger partial charge on any atom is -0.444 e. The Kier molecular flexibility index (Phi) is 5.16. The molecule has 1 N–H and O–H groups in total. The SMILES string of the molecule is CC(C)(C)OC(=O)N1CCCC1C(=O)NCc1ccc2ccccc2c1. The Bertz CT molecular complexity index is 810. The summed E-state index contributed by atoms with van der Waals surface area (Å²) in [6.45, 7) is 6.49. The smallest absolute Gasteiger partial charge is 0.410 e. The van der Waals surface area contributed by atoms with E-state index in [0.717, 1.165) is 17.4 Å². The third-order valence-electron chi connectivity index (χ3n) is 4.46. The fourth-order valence-corrected chi connectivity index (χ4v) is 3.23. The number of carbonyl (C=O) groups excluding carboxylic acids is 2. The summed E-state index contributed by atoms with van der Waals surface area (Å²) in [6, 6.07) is 13.8. The summed E-state index contributed by atoms with van der Waals surface area (Å²) in [6.07, 6.45) is 1.07. The van der Waals surface area contributed by atoms with Crippen LogP contribution in [0.4, 0.5) is 4.79 Å². The van der Waals surface area contributed by atoms with Crippen LogP contribution < -0.4 is 5.32 Å². The topological polar surface area (TPSA) is 58.6 Å². The number of rotatable bonds is 3. The van der Waals surface area contributed by atoms with Gasteiger partial charge in [0.25, 0.3) is 0 Å². The van der Waals surface area contributed by atoms with Gasteiger partial charge < -0.3 is 10.1 Å². The number of benzene rings is 2. The highest BCUT2D eigenvalue weighted by Crippen LogP contribution is 2.21. The molecule has 3 rings (SSSR count). The summed E-state index contributed by atoms with van der Waals surface area (Å²) in [5.74, 6) is -0.124. The molecule has 1 heterocycles. The molecule has 2 aromatic rings. The summed E-state index contributed by atoms with van der Waals surface area (Å²) in [7, 11) is 0. The molecular weight excluding hydrogens is 328 g/mol. The first-order valence-electron chi connectivity index (χ1n) is 9.08. The average Bonchev–Trinajstić information content (AvgIpc) is 3.08. The molecule has 2 amide bonds. The summed E-state index contributed by atoms with van der Waals surface area (Å²) in [4.78, 5) is 26.5. The number of carbonyl (C=O) groups is 2. The molecule has 0 bridgehead atoms. The van der Waals surface area contributed by atoms with E-state index in [9.17, 15) is 9.59 Å². The molecule has 0 radical (unpaired) electrons. The number of ether oxygens (including phenoxy) is 1. The molecule has 1 saturated heterocycles. The monoisotopic (exact) mass is 354 g/mol. The maximum Gasteiger partial charge on any atom is 0.410 e. The van der Waals surface area contributed by atoms with Gasteiger partial charge in [0.1, 0.15) is 11.6 Å². The second kappa shape index (κ2) is 7.36. The van der Waals surface area contributed by atoms with Crippen molar-refractivity contribution in [2.45, 2.75) is 51.8 Å². The lowest BCUT2D eigenvalue weighted by atomic mass is 10.1. The summed E-state index contributed by atoms with van der Waals surface area (Å²) >= 11 is 0. The van der Waals surface area contributed by atoms with Crippen molar-refractivity contribution in [2.75, 3.05) is 6.54 Å². The number of likely N-dealkylation sites (tertiary alicyclic amines) is 1. The van der Waals surface area contributed by atoms with E-state index in [1.807, 2.05) is 39.0 Å². The Morgan fingerprint density at radius 1 is 1.15 bits per heavy atom. The van der Waals surface area contributed by atoms with Crippen LogP contribution in [0.15, 0.2) is 42.5 Å². The Morgan fingerprint density at radius 3 is 2.62 bits per heavy atom. The zero-order valence-corrected chi connectivity index (χ0v) is 15.6. The van der Waals surface area contributed by atoms with Crippen LogP contribution in [0.1, 0.15) is 39.2 Å². The van der Waals surface area contributed by atoms with Crippen molar-refractivity contribution in [1.82, 2.24) is 10.2 Å². The first-order valence-corrected chi connectivity index (χ1v) is 9.08. The van der Waals surface area contributed by atoms with Crippen LogP contribution in [0.25, 0.3) is 10.8 Å². The molecule has 5 nitrogen and oxygen atoms in total. The lowest BCUT2D eigenvalue weighted by Crippen LogP contribution is -2.47. The Morgan fingerprint density at radius 2 is 1.88 bits per heavy atom. The van der Waals surface area contributed by atoms with Gasteiger partial charge in [0.05, 0.1) is 0 Å². The number of nitrogens with one attached hydrogen (secondary N) is 1. The predicted octanol–water partition coefficient (Wildman–Crippen LogP) is 3.86. The fourth-order valence-electron chi connectivity index (χ4n) is 3.23. The van der Waals surface area contributed by atoms with Gasteiger partial charge in [-0.2, -0.15) is 0 Å². The van der Waals surface area contributed by atoms with Gasteiger partial charge in [0, 0.05) is 13.1 Å². The molecule has 1 fully saturated rings. The molecule has 26 heavy (non-hydrogen) atoms. The van der Waals surface area contributed by atoms with E-state index in [1.165, 1.54) is 5.39 Å². The Balaban J connectivity index is 1.62. The first kappa shape index (κ1) is 18.2. The van der Waals surface area contributed by atoms with Gasteiger partial charge >= 0.3 is 6.09 Å². The molecule has 0 saturated carbocycles. The summed E-state index contributed by atoms with van der Waals surface area (Å²) in [5, 5.41) is 5.29. The van der Waals surface area contributed by atoms with Crippen molar-refractivity contribution in [3.05, 3.63) is 48.0 Å². The van der Waals surface area contributed by atoms with E-state index in [0.29, 0.717) is 19.5 Å². The lowest BCUT2D eigenvalue weighted by molar-refractivity contribution is -0.125. The van der Waals surface area contributed by atoms with Gasteiger partial charge in [-0.15, -0.1) is 0 Å². The van der Waals surface area contributed by atoms with Gasteiger partial charge in [-0.05, 0) is 56.0 Å². The van der Waals surface area contributed by atoms with E-state index in [2.05, 4.69) is 29.6 Å². The first-order chi connectivity index (χ1) is 12.3. The molecule has 1 aliphatic heterocycles. The van der Waals surface area contributed by atoms with E-state index in [-0.39, 0.29) is 5.91 Å². The quantitative estimate of drug-likeness (QED) is 0.911. The highest BCUT2D eigenvalue weighted by Gasteiger charge is 2.36. The highest BCUT2D eigenvalue weighted by atomic mass is 16.6. The Hall–Kier alpha value is -2.56. The predicted molar refractivity (Wildman–Crippen MR) is 102 cm³/mol. The van der Waals surface area contributed by atoms with Crippen LogP contribution >= 0.6 is 0 Å². The van der Waals surface area contributed by atoms with E-state index >= 15 is 0 Å². The lowest BCUT2D eigenvalue weighted by Gasteiger charge is -2.28. The summed E-state index contributed by atoms with van der Waals surface area (Å²) < 4.78 is 5.42. The van der Waals surface area contributed by atoms with Crippen LogP contribution in [-0.4, -0.2) is 35.1 Å². The number of nitrogens with zero attached hydrogens (tertiary/aromatic N) is 1. The van der Waals surface area contributed by atoms with Crippen molar-refractivity contribution in [2.24, 2.45) is 0 Å². The van der Waals surface area contributed by atoms with Crippen molar-refractivity contribution in [3.63, 3.8) is 0 Å². The Labute approximate surface area is 154 Å². The van der Waals surface area contributed by atoms with Gasteiger partial charge in [-0.1, -0.05) is 36.4 Å². The largest absolute Gasteiger partial charge is 0.444 e. The second-order valence-corrected chi connectivity index (χ2v) is 7.73. The van der Waals surface area contributed by atoms with Gasteiger partial charge in [-0.25, -0.2) is 4.79 Å². The second-order valence-electron chi connectivity index (χ2n) is 7.73. The molecule has 2 aromatic carbocycles. The third-order valence-corrected chi connectivity index (χ3v) is 4.46. The molecule has 0 aromatic heterocycles. The summed E-state index contributed by atoms with van der Waals surface area (Å²) in [5.41, 5.74) is 0.477. The van der Waals surface area contributed by atoms with Crippen molar-refractivity contribution < 1.29 is 14.3 Å². The van der Waals surface area contributed by atoms with E-state index in [4.69, 9.17) is 4.74 Å². The molecule has 1 unspecified atom stereocenters. The minimum atomic E-state index is -0.564. The standard InChI is InChI=1S/C21H26N2O3/c1-21(2,3)26-20(25)23-12-6-9-18(23)19(24)22-14-15-10-11-16-7-4-5-8-17(16)13-15/h4-5,7-8,10-11,13,18H,6,9,12,14H2,1-3H3,(H,22,24). The van der Waals surface area contributed by atoms with Crippen LogP contribution in [0.5, 0.6) is 0 Å². The maximum absolute atomic E-state index is 12.6. The van der Waals surface area contributed by atoms with Gasteiger partial charge in [0.2, 0.25) is 5.91 Å². The number of hydrogen-bond donors (Lipinski definition) is 1. The number of hydrogen-bond acceptors (Lipinski definition) is 3. The molecule has 5 heteroatoms. The molecule has 1 aliphatic rings. The van der Waals surface area contributed by atoms with Gasteiger partial charge in [-0.3, -0.25) is 9.69 Å². The highest BCUT2D eigenvalue weighted by molar-refractivity contribution is 5.86. The molecule has 0 spiro atoms. The molecular formula is C21H26N2O3. The molecule has 0 aliphatic carbocycles. The minimum absolute atomic E-state index is 0.124. The fraction of sp³-hybridized carbons (Fsp3) is 0.429. The zero-order chi connectivity index (χ0) is 18.7. The average molecular weight is 354 g/mol. The van der Waals surface area contributed by atoms with E-state index in [1.54, 1.807) is 4.90 Å². The molecule has 1 atom stereocenters. The van der Waals surface area contributed by atoms with Gasteiger partial charge in [0.15, 0.2) is 0 Å². The van der Waals surface area contributed by atoms with E-state index < -0.39 is 17.7 Å². The van der Waals surface area contributed by atoms with Crippen LogP contribution in [-0.2, 0) is 16.1 Å². The van der Waals surface area contributed by atoms with Crippen molar-refractivity contribution in [3.8, 4) is 0 Å². The van der Waals surface area contributed by atoms with Crippen molar-refractivity contribution in [1.29, 1.82) is 0 Å². The number of fused-ring (bicyclic) bond motifs is 1.